The molecule has 0 aromatic carbocycles. The SMILES string of the molecule is CC(C)[C@@H]1C[C@@H](Nc2nnc(C(F)F)o2)CCO1. The molecule has 1 saturated heterocycles. The number of aromatic nitrogens is 2. The minimum atomic E-state index is -2.73. The molecule has 2 heterocycles. The Morgan fingerprint density at radius 1 is 1.33 bits per heavy atom. The van der Waals surface area contributed by atoms with Crippen LogP contribution >= 0.6 is 0 Å². The molecule has 1 fully saturated rings. The largest absolute Gasteiger partial charge is 0.402 e. The summed E-state index contributed by atoms with van der Waals surface area (Å²) in [4.78, 5) is 0. The number of hydrogen-bond acceptors (Lipinski definition) is 5. The second-order valence-corrected chi connectivity index (χ2v) is 4.77. The van der Waals surface area contributed by atoms with E-state index in [1.165, 1.54) is 0 Å². The molecule has 0 radical (unpaired) electrons. The van der Waals surface area contributed by atoms with Crippen molar-refractivity contribution in [3.8, 4) is 0 Å². The van der Waals surface area contributed by atoms with Gasteiger partial charge in [-0.15, -0.1) is 5.10 Å². The van der Waals surface area contributed by atoms with Crippen molar-refractivity contribution in [2.24, 2.45) is 5.92 Å². The van der Waals surface area contributed by atoms with E-state index in [1.54, 1.807) is 0 Å². The molecule has 0 saturated carbocycles. The van der Waals surface area contributed by atoms with E-state index in [4.69, 9.17) is 9.15 Å². The number of halogens is 2. The highest BCUT2D eigenvalue weighted by Gasteiger charge is 2.26. The Hall–Kier alpha value is -1.24. The van der Waals surface area contributed by atoms with Crippen LogP contribution < -0.4 is 5.32 Å². The number of alkyl halides is 2. The molecule has 5 nitrogen and oxygen atoms in total. The van der Waals surface area contributed by atoms with Crippen molar-refractivity contribution in [3.05, 3.63) is 5.89 Å². The molecule has 1 aromatic heterocycles. The van der Waals surface area contributed by atoms with Crippen molar-refractivity contribution in [3.63, 3.8) is 0 Å². The van der Waals surface area contributed by atoms with E-state index in [0.29, 0.717) is 12.5 Å². The third kappa shape index (κ3) is 3.16. The standard InChI is InChI=1S/C11H17F2N3O2/c1-6(2)8-5-7(3-4-17-8)14-11-16-15-10(18-11)9(12)13/h6-9H,3-5H2,1-2H3,(H,14,16)/t7-,8-/m0/s1. The van der Waals surface area contributed by atoms with Gasteiger partial charge < -0.3 is 14.5 Å². The van der Waals surface area contributed by atoms with E-state index in [9.17, 15) is 8.78 Å². The maximum atomic E-state index is 12.3. The van der Waals surface area contributed by atoms with Crippen LogP contribution in [0.1, 0.15) is 39.0 Å². The average molecular weight is 261 g/mol. The molecule has 0 amide bonds. The second kappa shape index (κ2) is 5.60. The van der Waals surface area contributed by atoms with Crippen LogP contribution in [0.15, 0.2) is 4.42 Å². The van der Waals surface area contributed by atoms with Crippen molar-refractivity contribution in [2.45, 2.75) is 45.3 Å². The van der Waals surface area contributed by atoms with Crippen molar-refractivity contribution in [1.29, 1.82) is 0 Å². The minimum absolute atomic E-state index is 0.0553. The third-order valence-corrected chi connectivity index (χ3v) is 3.01. The van der Waals surface area contributed by atoms with Gasteiger partial charge in [0.1, 0.15) is 0 Å². The quantitative estimate of drug-likeness (QED) is 0.902. The van der Waals surface area contributed by atoms with Crippen molar-refractivity contribution in [2.75, 3.05) is 11.9 Å². The molecule has 102 valence electrons. The zero-order valence-electron chi connectivity index (χ0n) is 10.4. The van der Waals surface area contributed by atoms with Gasteiger partial charge in [0, 0.05) is 12.6 Å². The lowest BCUT2D eigenvalue weighted by molar-refractivity contribution is -0.0163. The number of nitrogens with one attached hydrogen (secondary N) is 1. The zero-order valence-corrected chi connectivity index (χ0v) is 10.4. The molecule has 0 spiro atoms. The Kier molecular flexibility index (Phi) is 4.11. The van der Waals surface area contributed by atoms with E-state index < -0.39 is 12.3 Å². The maximum Gasteiger partial charge on any atom is 0.315 e. The van der Waals surface area contributed by atoms with Crippen LogP contribution in [-0.4, -0.2) is 29.0 Å². The summed E-state index contributed by atoms with van der Waals surface area (Å²) in [6.45, 7) is 4.83. The Morgan fingerprint density at radius 2 is 2.11 bits per heavy atom. The van der Waals surface area contributed by atoms with Gasteiger partial charge in [-0.05, 0) is 18.8 Å². The molecule has 18 heavy (non-hydrogen) atoms. The van der Waals surface area contributed by atoms with E-state index in [-0.39, 0.29) is 18.2 Å². The summed E-state index contributed by atoms with van der Waals surface area (Å²) in [7, 11) is 0. The monoisotopic (exact) mass is 261 g/mol. The molecular weight excluding hydrogens is 244 g/mol. The Morgan fingerprint density at radius 3 is 2.72 bits per heavy atom. The second-order valence-electron chi connectivity index (χ2n) is 4.77. The van der Waals surface area contributed by atoms with Crippen molar-refractivity contribution in [1.82, 2.24) is 10.2 Å². The third-order valence-electron chi connectivity index (χ3n) is 3.01. The Bertz CT molecular complexity index is 384. The van der Waals surface area contributed by atoms with Crippen LogP contribution in [0.2, 0.25) is 0 Å². The first-order valence-corrected chi connectivity index (χ1v) is 6.06. The van der Waals surface area contributed by atoms with Crippen molar-refractivity contribution >= 4 is 6.01 Å². The fourth-order valence-corrected chi connectivity index (χ4v) is 1.98. The molecule has 2 atom stereocenters. The lowest BCUT2D eigenvalue weighted by Gasteiger charge is -2.31. The van der Waals surface area contributed by atoms with Gasteiger partial charge in [-0.25, -0.2) is 0 Å². The topological polar surface area (TPSA) is 60.2 Å². The number of rotatable bonds is 4. The molecule has 7 heteroatoms. The Balaban J connectivity index is 1.92. The van der Waals surface area contributed by atoms with Gasteiger partial charge in [0.25, 0.3) is 5.89 Å². The van der Waals surface area contributed by atoms with Crippen LogP contribution in [0.4, 0.5) is 14.8 Å². The van der Waals surface area contributed by atoms with Gasteiger partial charge in [-0.3, -0.25) is 0 Å². The van der Waals surface area contributed by atoms with Gasteiger partial charge in [-0.2, -0.15) is 8.78 Å². The first-order chi connectivity index (χ1) is 8.56. The summed E-state index contributed by atoms with van der Waals surface area (Å²) in [6, 6.07) is 0.178. The summed E-state index contributed by atoms with van der Waals surface area (Å²) < 4.78 is 35.0. The highest BCUT2D eigenvalue weighted by atomic mass is 19.3. The van der Waals surface area contributed by atoms with E-state index >= 15 is 0 Å². The molecular formula is C11H17F2N3O2. The van der Waals surface area contributed by atoms with Crippen LogP contribution in [0, 0.1) is 5.92 Å². The fraction of sp³-hybridized carbons (Fsp3) is 0.818. The van der Waals surface area contributed by atoms with Crippen LogP contribution in [0.3, 0.4) is 0 Å². The van der Waals surface area contributed by atoms with E-state index in [2.05, 4.69) is 29.4 Å². The predicted molar refractivity (Wildman–Crippen MR) is 60.5 cm³/mol. The molecule has 0 unspecified atom stereocenters. The van der Waals surface area contributed by atoms with Crippen molar-refractivity contribution < 1.29 is 17.9 Å². The normalized spacial score (nSPS) is 24.8. The van der Waals surface area contributed by atoms with Gasteiger partial charge in [0.2, 0.25) is 0 Å². The number of hydrogen-bond donors (Lipinski definition) is 1. The first kappa shape index (κ1) is 13.2. The lowest BCUT2D eigenvalue weighted by Crippen LogP contribution is -2.36. The molecule has 1 aromatic rings. The number of nitrogens with zero attached hydrogens (tertiary/aromatic N) is 2. The predicted octanol–water partition coefficient (Wildman–Crippen LogP) is 2.62. The highest BCUT2D eigenvalue weighted by molar-refractivity contribution is 5.20. The molecule has 2 rings (SSSR count). The maximum absolute atomic E-state index is 12.3. The smallest absolute Gasteiger partial charge is 0.315 e. The molecule has 1 aliphatic heterocycles. The Labute approximate surface area is 104 Å². The summed E-state index contributed by atoms with van der Waals surface area (Å²) >= 11 is 0. The molecule has 1 aliphatic rings. The average Bonchev–Trinajstić information content (AvgIpc) is 2.78. The summed E-state index contributed by atoms with van der Waals surface area (Å²) in [5, 5.41) is 9.82. The van der Waals surface area contributed by atoms with Gasteiger partial charge in [-0.1, -0.05) is 18.9 Å². The molecule has 0 bridgehead atoms. The summed E-state index contributed by atoms with van der Waals surface area (Å²) in [5.41, 5.74) is 0. The number of anilines is 1. The van der Waals surface area contributed by atoms with Crippen LogP contribution in [0.5, 0.6) is 0 Å². The first-order valence-electron chi connectivity index (χ1n) is 6.06. The fourth-order valence-electron chi connectivity index (χ4n) is 1.98. The summed E-state index contributed by atoms with van der Waals surface area (Å²) in [6.07, 6.45) is -0.945. The van der Waals surface area contributed by atoms with Gasteiger partial charge in [0.05, 0.1) is 6.10 Å². The lowest BCUT2D eigenvalue weighted by atomic mass is 9.95. The van der Waals surface area contributed by atoms with Crippen LogP contribution in [0.25, 0.3) is 0 Å². The summed E-state index contributed by atoms with van der Waals surface area (Å²) in [5.74, 6) is -0.223. The highest BCUT2D eigenvalue weighted by Crippen LogP contribution is 2.24. The van der Waals surface area contributed by atoms with Gasteiger partial charge >= 0.3 is 12.4 Å². The zero-order chi connectivity index (χ0) is 13.1. The van der Waals surface area contributed by atoms with Gasteiger partial charge in [0.15, 0.2) is 0 Å². The minimum Gasteiger partial charge on any atom is -0.402 e. The molecule has 1 N–H and O–H groups in total. The number of ether oxygens (including phenoxy) is 1. The van der Waals surface area contributed by atoms with Crippen LogP contribution in [-0.2, 0) is 4.74 Å². The van der Waals surface area contributed by atoms with E-state index in [0.717, 1.165) is 12.8 Å². The van der Waals surface area contributed by atoms with E-state index in [1.807, 2.05) is 0 Å². The molecule has 0 aliphatic carbocycles.